The van der Waals surface area contributed by atoms with Crippen molar-refractivity contribution in [2.45, 2.75) is 152 Å². The highest BCUT2D eigenvalue weighted by Gasteiger charge is 2.66. The van der Waals surface area contributed by atoms with Crippen molar-refractivity contribution in [3.63, 3.8) is 0 Å². The van der Waals surface area contributed by atoms with Crippen LogP contribution >= 0.6 is 0 Å². The minimum Gasteiger partial charge on any atom is -0.481 e. The predicted molar refractivity (Wildman–Crippen MR) is 211 cm³/mol. The molecule has 0 spiro atoms. The van der Waals surface area contributed by atoms with Crippen LogP contribution in [0.15, 0.2) is 41.5 Å². The molecule has 288 valence electrons. The number of fused-ring (bicyclic) bond motifs is 7. The Balaban J connectivity index is 1.21. The van der Waals surface area contributed by atoms with Gasteiger partial charge >= 0.3 is 5.97 Å². The van der Waals surface area contributed by atoms with Gasteiger partial charge in [0, 0.05) is 29.7 Å². The highest BCUT2D eigenvalue weighted by molar-refractivity contribution is 6.00. The van der Waals surface area contributed by atoms with Gasteiger partial charge in [0.05, 0.1) is 5.92 Å². The van der Waals surface area contributed by atoms with Crippen LogP contribution in [0.5, 0.6) is 0 Å². The molecule has 6 rings (SSSR count). The minimum atomic E-state index is -0.812. The SMILES string of the molecule is CC(C)C1=C2C3CCC4C(C)(CCC5C(C)(C)C(CC(=O)C(C)CC(C)C(=O)O)CCC54C)C3CCC2(CCNC(C)(C)c2ccccc2)CC1=O. The summed E-state index contributed by atoms with van der Waals surface area (Å²) in [5.74, 6) is 2.16. The average molecular weight is 714 g/mol. The molecule has 1 aromatic rings. The third kappa shape index (κ3) is 6.59. The van der Waals surface area contributed by atoms with E-state index in [9.17, 15) is 19.5 Å². The summed E-state index contributed by atoms with van der Waals surface area (Å²) in [7, 11) is 0. The van der Waals surface area contributed by atoms with Crippen LogP contribution in [-0.4, -0.2) is 29.2 Å². The molecule has 0 radical (unpaired) electrons. The molecule has 4 saturated carbocycles. The fourth-order valence-electron chi connectivity index (χ4n) is 14.0. The Morgan fingerprint density at radius 3 is 2.19 bits per heavy atom. The zero-order valence-corrected chi connectivity index (χ0v) is 34.4. The number of hydrogen-bond acceptors (Lipinski definition) is 4. The molecule has 2 N–H and O–H groups in total. The summed E-state index contributed by atoms with van der Waals surface area (Å²) >= 11 is 0. The number of Topliss-reactive ketones (excluding diaryl/α,β-unsaturated/α-hetero) is 2. The number of ketones is 2. The monoisotopic (exact) mass is 714 g/mol. The number of rotatable bonds is 12. The van der Waals surface area contributed by atoms with Gasteiger partial charge in [0.1, 0.15) is 5.78 Å². The zero-order chi connectivity index (χ0) is 38.0. The Labute approximate surface area is 316 Å². The number of hydrogen-bond donors (Lipinski definition) is 2. The van der Waals surface area contributed by atoms with Crippen molar-refractivity contribution >= 4 is 17.5 Å². The van der Waals surface area contributed by atoms with Crippen LogP contribution in [0.25, 0.3) is 0 Å². The number of carbonyl (C=O) groups is 3. The van der Waals surface area contributed by atoms with E-state index in [1.165, 1.54) is 49.7 Å². The van der Waals surface area contributed by atoms with Gasteiger partial charge in [-0.3, -0.25) is 14.4 Å². The van der Waals surface area contributed by atoms with E-state index in [0.717, 1.165) is 25.8 Å². The molecule has 5 nitrogen and oxygen atoms in total. The Morgan fingerprint density at radius 1 is 0.865 bits per heavy atom. The number of aliphatic carboxylic acids is 1. The lowest BCUT2D eigenvalue weighted by Crippen LogP contribution is -2.62. The Bertz CT molecular complexity index is 1560. The van der Waals surface area contributed by atoms with Crippen molar-refractivity contribution in [2.75, 3.05) is 6.54 Å². The first-order chi connectivity index (χ1) is 24.3. The second-order valence-corrected chi connectivity index (χ2v) is 20.6. The first kappa shape index (κ1) is 39.4. The summed E-state index contributed by atoms with van der Waals surface area (Å²) in [5, 5.41) is 13.3. The van der Waals surface area contributed by atoms with Gasteiger partial charge < -0.3 is 10.4 Å². The van der Waals surface area contributed by atoms with Gasteiger partial charge in [-0.15, -0.1) is 0 Å². The van der Waals surface area contributed by atoms with Crippen molar-refractivity contribution in [2.24, 2.45) is 69.0 Å². The topological polar surface area (TPSA) is 83.5 Å². The molecular formula is C47H71NO4. The summed E-state index contributed by atoms with van der Waals surface area (Å²) < 4.78 is 0. The quantitative estimate of drug-likeness (QED) is 0.225. The average Bonchev–Trinajstić information content (AvgIpc) is 3.38. The lowest BCUT2D eigenvalue weighted by molar-refractivity contribution is -0.192. The standard InChI is InChI=1S/C47H71NO4/c1-29(2)40-37(50)28-47(24-25-48-44(7,8)32-14-12-11-13-15-32)23-19-35-34(41(40)47)16-17-39-45(35,9)22-20-38-43(5,6)33(18-21-46(38,39)10)27-36(49)30(3)26-31(4)42(51)52/h11-15,29-31,33-35,38-39,48H,16-28H2,1-10H3,(H,51,52). The first-order valence-electron chi connectivity index (χ1n) is 21.1. The third-order valence-corrected chi connectivity index (χ3v) is 16.8. The minimum absolute atomic E-state index is 0.00605. The third-order valence-electron chi connectivity index (χ3n) is 16.8. The highest BCUT2D eigenvalue weighted by Crippen LogP contribution is 2.73. The first-order valence-corrected chi connectivity index (χ1v) is 21.1. The largest absolute Gasteiger partial charge is 0.481 e. The van der Waals surface area contributed by atoms with E-state index in [4.69, 9.17) is 0 Å². The number of carbonyl (C=O) groups excluding carboxylic acids is 2. The molecule has 0 bridgehead atoms. The zero-order valence-electron chi connectivity index (χ0n) is 34.4. The summed E-state index contributed by atoms with van der Waals surface area (Å²) in [6, 6.07) is 10.8. The molecule has 5 aliphatic carbocycles. The number of benzene rings is 1. The molecule has 0 saturated heterocycles. The number of carboxylic acid groups (broad SMARTS) is 1. The van der Waals surface area contributed by atoms with Crippen LogP contribution in [0.3, 0.4) is 0 Å². The fraction of sp³-hybridized carbons (Fsp3) is 0.766. The van der Waals surface area contributed by atoms with Crippen LogP contribution in [0, 0.1) is 69.0 Å². The van der Waals surface area contributed by atoms with Gasteiger partial charge in [-0.1, -0.05) is 91.3 Å². The van der Waals surface area contributed by atoms with Crippen molar-refractivity contribution in [1.82, 2.24) is 5.32 Å². The molecule has 0 aliphatic heterocycles. The maximum Gasteiger partial charge on any atom is 0.306 e. The van der Waals surface area contributed by atoms with Gasteiger partial charge in [-0.25, -0.2) is 0 Å². The molecule has 10 unspecified atom stereocenters. The summed E-state index contributed by atoms with van der Waals surface area (Å²) in [6.07, 6.45) is 12.3. The van der Waals surface area contributed by atoms with Crippen LogP contribution in [0.1, 0.15) is 152 Å². The fourth-order valence-corrected chi connectivity index (χ4v) is 14.0. The summed E-state index contributed by atoms with van der Waals surface area (Å²) in [5.41, 5.74) is 4.51. The van der Waals surface area contributed by atoms with Crippen LogP contribution in [0.4, 0.5) is 0 Å². The number of carboxylic acids is 1. The van der Waals surface area contributed by atoms with E-state index in [1.54, 1.807) is 12.5 Å². The smallest absolute Gasteiger partial charge is 0.306 e. The molecule has 4 fully saturated rings. The van der Waals surface area contributed by atoms with Crippen molar-refractivity contribution in [1.29, 1.82) is 0 Å². The van der Waals surface area contributed by atoms with Crippen LogP contribution in [0.2, 0.25) is 0 Å². The predicted octanol–water partition coefficient (Wildman–Crippen LogP) is 10.8. The van der Waals surface area contributed by atoms with Crippen molar-refractivity contribution < 1.29 is 19.5 Å². The molecule has 5 heteroatoms. The Kier molecular flexibility index (Phi) is 10.7. The van der Waals surface area contributed by atoms with Crippen LogP contribution < -0.4 is 5.32 Å². The molecular weight excluding hydrogens is 643 g/mol. The molecule has 52 heavy (non-hydrogen) atoms. The van der Waals surface area contributed by atoms with Gasteiger partial charge in [0.15, 0.2) is 5.78 Å². The van der Waals surface area contributed by atoms with Gasteiger partial charge in [0.25, 0.3) is 0 Å². The molecule has 0 aromatic heterocycles. The Hall–Kier alpha value is -2.27. The lowest BCUT2D eigenvalue weighted by atomic mass is 9.36. The highest BCUT2D eigenvalue weighted by atomic mass is 16.4. The second-order valence-electron chi connectivity index (χ2n) is 20.6. The lowest BCUT2D eigenvalue weighted by Gasteiger charge is -2.69. The molecule has 0 amide bonds. The van der Waals surface area contributed by atoms with E-state index < -0.39 is 11.9 Å². The Morgan fingerprint density at radius 2 is 1.54 bits per heavy atom. The van der Waals surface area contributed by atoms with Crippen molar-refractivity contribution in [3.8, 4) is 0 Å². The maximum atomic E-state index is 14.0. The van der Waals surface area contributed by atoms with Gasteiger partial charge in [-0.2, -0.15) is 0 Å². The summed E-state index contributed by atoms with van der Waals surface area (Å²) in [4.78, 5) is 39.0. The van der Waals surface area contributed by atoms with E-state index in [2.05, 4.69) is 91.0 Å². The van der Waals surface area contributed by atoms with E-state index in [1.807, 2.05) is 6.92 Å². The van der Waals surface area contributed by atoms with E-state index in [0.29, 0.717) is 54.6 Å². The van der Waals surface area contributed by atoms with Crippen LogP contribution in [-0.2, 0) is 19.9 Å². The second kappa shape index (κ2) is 14.1. The molecule has 1 aromatic carbocycles. The molecule has 10 atom stereocenters. The van der Waals surface area contributed by atoms with Gasteiger partial charge in [-0.05, 0) is 147 Å². The maximum absolute atomic E-state index is 14.0. The van der Waals surface area contributed by atoms with Gasteiger partial charge in [0.2, 0.25) is 0 Å². The summed E-state index contributed by atoms with van der Waals surface area (Å²) in [6.45, 7) is 23.8. The molecule has 0 heterocycles. The van der Waals surface area contributed by atoms with E-state index >= 15 is 0 Å². The number of allylic oxidation sites excluding steroid dienone is 2. The molecule has 5 aliphatic rings. The van der Waals surface area contributed by atoms with Crippen molar-refractivity contribution in [3.05, 3.63) is 47.0 Å². The normalized spacial score (nSPS) is 36.8. The van der Waals surface area contributed by atoms with E-state index in [-0.39, 0.29) is 44.8 Å². The number of nitrogens with one attached hydrogen (secondary N) is 1.